The summed E-state index contributed by atoms with van der Waals surface area (Å²) >= 11 is 0. The Hall–Kier alpha value is -1.63. The average Bonchev–Trinajstić information content (AvgIpc) is 2.95. The number of nitrogens with one attached hydrogen (secondary N) is 1. The van der Waals surface area contributed by atoms with Gasteiger partial charge in [0.2, 0.25) is 0 Å². The second-order valence-corrected chi connectivity index (χ2v) is 4.74. The minimum atomic E-state index is -4.35. The molecule has 102 valence electrons. The van der Waals surface area contributed by atoms with Crippen molar-refractivity contribution in [3.05, 3.63) is 29.7 Å². The van der Waals surface area contributed by atoms with Gasteiger partial charge in [-0.1, -0.05) is 0 Å². The van der Waals surface area contributed by atoms with Crippen molar-refractivity contribution in [2.45, 2.75) is 31.5 Å². The summed E-state index contributed by atoms with van der Waals surface area (Å²) in [5.74, 6) is 0.582. The fourth-order valence-electron chi connectivity index (χ4n) is 2.34. The maximum Gasteiger partial charge on any atom is 0.416 e. The number of fused-ring (bicyclic) bond motifs is 1. The van der Waals surface area contributed by atoms with Gasteiger partial charge < -0.3 is 5.32 Å². The maximum atomic E-state index is 12.6. The van der Waals surface area contributed by atoms with Crippen LogP contribution in [0.25, 0.3) is 5.65 Å². The van der Waals surface area contributed by atoms with E-state index in [2.05, 4.69) is 15.4 Å². The molecule has 1 saturated heterocycles. The van der Waals surface area contributed by atoms with Crippen LogP contribution in [0.1, 0.15) is 24.2 Å². The summed E-state index contributed by atoms with van der Waals surface area (Å²) in [7, 11) is 0. The number of hydrogen-bond acceptors (Lipinski definition) is 3. The summed E-state index contributed by atoms with van der Waals surface area (Å²) in [6.45, 7) is 0.982. The van der Waals surface area contributed by atoms with Crippen LogP contribution < -0.4 is 5.32 Å². The van der Waals surface area contributed by atoms with Crippen molar-refractivity contribution in [1.82, 2.24) is 19.9 Å². The number of hydrogen-bond donors (Lipinski definition) is 1. The lowest BCUT2D eigenvalue weighted by molar-refractivity contribution is -0.137. The monoisotopic (exact) mass is 270 g/mol. The number of aromatic nitrogens is 3. The lowest BCUT2D eigenvalue weighted by Crippen LogP contribution is -2.24. The van der Waals surface area contributed by atoms with Crippen LogP contribution in [0.5, 0.6) is 0 Å². The van der Waals surface area contributed by atoms with Crippen LogP contribution in [0.15, 0.2) is 18.3 Å². The normalized spacial score (nSPS) is 20.3. The van der Waals surface area contributed by atoms with Gasteiger partial charge in [0.05, 0.1) is 5.56 Å². The number of nitrogens with zero attached hydrogens (tertiary/aromatic N) is 3. The summed E-state index contributed by atoms with van der Waals surface area (Å²) in [6.07, 6.45) is -0.208. The molecule has 0 spiro atoms. The third-order valence-electron chi connectivity index (χ3n) is 3.30. The van der Waals surface area contributed by atoms with E-state index in [0.717, 1.165) is 31.5 Å². The van der Waals surface area contributed by atoms with Crippen LogP contribution >= 0.6 is 0 Å². The van der Waals surface area contributed by atoms with Gasteiger partial charge >= 0.3 is 6.18 Å². The molecule has 2 aromatic rings. The zero-order valence-corrected chi connectivity index (χ0v) is 10.1. The van der Waals surface area contributed by atoms with Crippen LogP contribution in [0.2, 0.25) is 0 Å². The van der Waals surface area contributed by atoms with E-state index in [1.54, 1.807) is 0 Å². The molecule has 1 aliphatic heterocycles. The van der Waals surface area contributed by atoms with Crippen molar-refractivity contribution in [3.63, 3.8) is 0 Å². The molecule has 2 aromatic heterocycles. The van der Waals surface area contributed by atoms with Crippen LogP contribution in [0, 0.1) is 0 Å². The van der Waals surface area contributed by atoms with Gasteiger partial charge in [-0.2, -0.15) is 18.3 Å². The van der Waals surface area contributed by atoms with Gasteiger partial charge in [-0.05, 0) is 31.5 Å². The zero-order valence-electron chi connectivity index (χ0n) is 10.1. The fraction of sp³-hybridized carbons (Fsp3) is 0.500. The summed E-state index contributed by atoms with van der Waals surface area (Å²) in [4.78, 5) is 4.16. The van der Waals surface area contributed by atoms with E-state index >= 15 is 0 Å². The molecule has 3 heterocycles. The molecular formula is C12H13F3N4. The van der Waals surface area contributed by atoms with Gasteiger partial charge in [0, 0.05) is 18.7 Å². The molecule has 1 N–H and O–H groups in total. The third kappa shape index (κ3) is 2.56. The molecule has 3 rings (SSSR count). The standard InChI is InChI=1S/C12H13F3N4/c13-12(14,15)8-3-5-19-11(6-8)17-10(18-19)7-9-2-1-4-16-9/h3,5-6,9,16H,1-2,4,7H2. The third-order valence-corrected chi connectivity index (χ3v) is 3.30. The summed E-state index contributed by atoms with van der Waals surface area (Å²) in [5, 5.41) is 7.51. The number of halogens is 3. The highest BCUT2D eigenvalue weighted by molar-refractivity contribution is 5.41. The molecule has 0 bridgehead atoms. The zero-order chi connectivity index (χ0) is 13.5. The highest BCUT2D eigenvalue weighted by atomic mass is 19.4. The van der Waals surface area contributed by atoms with Crippen molar-refractivity contribution >= 4 is 5.65 Å². The number of alkyl halides is 3. The molecule has 1 fully saturated rings. The van der Waals surface area contributed by atoms with E-state index in [1.807, 2.05) is 0 Å². The molecule has 4 nitrogen and oxygen atoms in total. The second-order valence-electron chi connectivity index (χ2n) is 4.74. The van der Waals surface area contributed by atoms with Crippen molar-refractivity contribution < 1.29 is 13.2 Å². The Kier molecular flexibility index (Phi) is 2.93. The second kappa shape index (κ2) is 4.48. The van der Waals surface area contributed by atoms with Crippen LogP contribution in [0.4, 0.5) is 13.2 Å². The first kappa shape index (κ1) is 12.4. The van der Waals surface area contributed by atoms with E-state index in [9.17, 15) is 13.2 Å². The lowest BCUT2D eigenvalue weighted by atomic mass is 10.1. The number of pyridine rings is 1. The Bertz CT molecular complexity index is 584. The predicted octanol–water partition coefficient (Wildman–Crippen LogP) is 2.04. The quantitative estimate of drug-likeness (QED) is 0.908. The summed E-state index contributed by atoms with van der Waals surface area (Å²) in [6, 6.07) is 2.37. The van der Waals surface area contributed by atoms with Crippen LogP contribution in [0.3, 0.4) is 0 Å². The number of rotatable bonds is 2. The predicted molar refractivity (Wildman–Crippen MR) is 62.7 cm³/mol. The molecule has 0 aliphatic carbocycles. The molecule has 1 atom stereocenters. The van der Waals surface area contributed by atoms with Gasteiger partial charge in [0.25, 0.3) is 0 Å². The van der Waals surface area contributed by atoms with Gasteiger partial charge in [-0.3, -0.25) is 0 Å². The smallest absolute Gasteiger partial charge is 0.314 e. The van der Waals surface area contributed by atoms with Crippen molar-refractivity contribution in [2.75, 3.05) is 6.54 Å². The minimum Gasteiger partial charge on any atom is -0.314 e. The average molecular weight is 270 g/mol. The largest absolute Gasteiger partial charge is 0.416 e. The molecule has 0 amide bonds. The van der Waals surface area contributed by atoms with E-state index in [1.165, 1.54) is 10.7 Å². The topological polar surface area (TPSA) is 42.2 Å². The summed E-state index contributed by atoms with van der Waals surface area (Å²) in [5.41, 5.74) is -0.458. The Labute approximate surface area is 107 Å². The molecule has 0 aromatic carbocycles. The summed E-state index contributed by atoms with van der Waals surface area (Å²) < 4.78 is 39.1. The maximum absolute atomic E-state index is 12.6. The Balaban J connectivity index is 1.87. The van der Waals surface area contributed by atoms with Gasteiger partial charge in [0.15, 0.2) is 11.5 Å². The van der Waals surface area contributed by atoms with Crippen molar-refractivity contribution in [3.8, 4) is 0 Å². The molecular weight excluding hydrogens is 257 g/mol. The van der Waals surface area contributed by atoms with Gasteiger partial charge in [-0.15, -0.1) is 0 Å². The van der Waals surface area contributed by atoms with Crippen molar-refractivity contribution in [1.29, 1.82) is 0 Å². The van der Waals surface area contributed by atoms with E-state index < -0.39 is 11.7 Å². The molecule has 1 aliphatic rings. The fourth-order valence-corrected chi connectivity index (χ4v) is 2.34. The first-order valence-corrected chi connectivity index (χ1v) is 6.18. The van der Waals surface area contributed by atoms with E-state index in [-0.39, 0.29) is 5.65 Å². The molecule has 1 unspecified atom stereocenters. The van der Waals surface area contributed by atoms with Gasteiger partial charge in [0.1, 0.15) is 0 Å². The minimum absolute atomic E-state index is 0.239. The molecule has 0 radical (unpaired) electrons. The molecule has 19 heavy (non-hydrogen) atoms. The first-order valence-electron chi connectivity index (χ1n) is 6.18. The molecule has 0 saturated carbocycles. The van der Waals surface area contributed by atoms with Crippen molar-refractivity contribution in [2.24, 2.45) is 0 Å². The van der Waals surface area contributed by atoms with E-state index in [0.29, 0.717) is 18.3 Å². The highest BCUT2D eigenvalue weighted by Gasteiger charge is 2.31. The molecule has 7 heteroatoms. The van der Waals surface area contributed by atoms with Crippen LogP contribution in [-0.4, -0.2) is 27.2 Å². The SMILES string of the molecule is FC(F)(F)c1ccn2nc(CC3CCCN3)nc2c1. The Morgan fingerprint density at radius 3 is 2.95 bits per heavy atom. The Morgan fingerprint density at radius 2 is 2.26 bits per heavy atom. The van der Waals surface area contributed by atoms with Crippen LogP contribution in [-0.2, 0) is 12.6 Å². The van der Waals surface area contributed by atoms with Gasteiger partial charge in [-0.25, -0.2) is 9.50 Å². The lowest BCUT2D eigenvalue weighted by Gasteiger charge is -2.05. The van der Waals surface area contributed by atoms with E-state index in [4.69, 9.17) is 0 Å². The first-order chi connectivity index (χ1) is 9.02. The Morgan fingerprint density at radius 1 is 1.42 bits per heavy atom. The highest BCUT2D eigenvalue weighted by Crippen LogP contribution is 2.29.